The van der Waals surface area contributed by atoms with Crippen molar-refractivity contribution in [1.29, 1.82) is 0 Å². The summed E-state index contributed by atoms with van der Waals surface area (Å²) in [4.78, 5) is 6.29. The number of aromatic nitrogens is 1. The first-order valence-electron chi connectivity index (χ1n) is 8.21. The molecule has 0 aliphatic carbocycles. The van der Waals surface area contributed by atoms with E-state index >= 15 is 0 Å². The number of rotatable bonds is 2. The highest BCUT2D eigenvalue weighted by Gasteiger charge is 2.41. The average molecular weight is 284 g/mol. The molecule has 2 aromatic rings. The Morgan fingerprint density at radius 3 is 3.00 bits per heavy atom. The Kier molecular flexibility index (Phi) is 3.09. The van der Waals surface area contributed by atoms with E-state index in [0.29, 0.717) is 12.6 Å². The topological polar surface area (TPSA) is 39.3 Å². The molecule has 1 saturated heterocycles. The van der Waals surface area contributed by atoms with Crippen LogP contribution in [0.1, 0.15) is 43.5 Å². The molecule has 0 amide bonds. The van der Waals surface area contributed by atoms with Crippen molar-refractivity contribution >= 4 is 10.9 Å². The molecule has 3 heteroatoms. The molecule has 3 heterocycles. The summed E-state index contributed by atoms with van der Waals surface area (Å²) in [5, 5.41) is 11.3. The van der Waals surface area contributed by atoms with Crippen LogP contribution in [0.5, 0.6) is 0 Å². The number of aliphatic hydroxyl groups excluding tert-OH is 1. The molecule has 2 aliphatic rings. The molecule has 4 rings (SSSR count). The van der Waals surface area contributed by atoms with E-state index in [1.54, 1.807) is 0 Å². The van der Waals surface area contributed by atoms with E-state index in [0.717, 1.165) is 38.8 Å². The van der Waals surface area contributed by atoms with Crippen molar-refractivity contribution in [2.45, 2.75) is 38.6 Å². The maximum Gasteiger partial charge on any atom is 0.0507 e. The molecule has 1 aromatic heterocycles. The Morgan fingerprint density at radius 2 is 2.19 bits per heavy atom. The van der Waals surface area contributed by atoms with Gasteiger partial charge < -0.3 is 10.1 Å². The van der Waals surface area contributed by atoms with Crippen LogP contribution in [0.15, 0.2) is 24.3 Å². The molecule has 0 spiro atoms. The molecule has 21 heavy (non-hydrogen) atoms. The standard InChI is InChI=1S/C18H24N2O/c1-2-18(12-21)8-10-20-9-7-14-13-5-3-4-6-15(13)19-17(14)16(20)11-18/h3-6,16,19,21H,2,7-12H2,1H3/t16-,18+/m0/s1. The van der Waals surface area contributed by atoms with Crippen LogP contribution in [0.25, 0.3) is 10.9 Å². The Labute approximate surface area is 126 Å². The van der Waals surface area contributed by atoms with Crippen LogP contribution in [0, 0.1) is 5.41 Å². The lowest BCUT2D eigenvalue weighted by atomic mass is 9.72. The zero-order valence-corrected chi connectivity index (χ0v) is 12.7. The number of hydrogen-bond donors (Lipinski definition) is 2. The molecule has 1 fully saturated rings. The fraction of sp³-hybridized carbons (Fsp3) is 0.556. The Morgan fingerprint density at radius 1 is 1.33 bits per heavy atom. The summed E-state index contributed by atoms with van der Waals surface area (Å²) in [7, 11) is 0. The molecular formula is C18H24N2O. The zero-order chi connectivity index (χ0) is 14.4. The van der Waals surface area contributed by atoms with Crippen LogP contribution in [-0.4, -0.2) is 34.7 Å². The highest BCUT2D eigenvalue weighted by Crippen LogP contribution is 2.47. The van der Waals surface area contributed by atoms with Gasteiger partial charge in [-0.25, -0.2) is 0 Å². The van der Waals surface area contributed by atoms with Crippen LogP contribution in [0.3, 0.4) is 0 Å². The number of H-pyrrole nitrogens is 1. The second-order valence-corrected chi connectivity index (χ2v) is 6.83. The normalized spacial score (nSPS) is 29.3. The molecule has 0 radical (unpaired) electrons. The number of nitrogens with one attached hydrogen (secondary N) is 1. The number of para-hydroxylation sites is 1. The number of hydrogen-bond acceptors (Lipinski definition) is 2. The number of piperidine rings is 1. The van der Waals surface area contributed by atoms with Crippen molar-refractivity contribution in [1.82, 2.24) is 9.88 Å². The monoisotopic (exact) mass is 284 g/mol. The minimum absolute atomic E-state index is 0.118. The molecule has 112 valence electrons. The number of aromatic amines is 1. The summed E-state index contributed by atoms with van der Waals surface area (Å²) in [6.45, 7) is 4.82. The second kappa shape index (κ2) is 4.85. The third-order valence-electron chi connectivity index (χ3n) is 5.91. The van der Waals surface area contributed by atoms with Gasteiger partial charge in [0.2, 0.25) is 0 Å². The predicted octanol–water partition coefficient (Wildman–Crippen LogP) is 3.25. The summed E-state index contributed by atoms with van der Waals surface area (Å²) < 4.78 is 0. The minimum Gasteiger partial charge on any atom is -0.396 e. The molecule has 0 unspecified atom stereocenters. The SMILES string of the molecule is CC[C@@]1(CO)CCN2CCc3c([nH]c4ccccc34)[C@@H]2C1. The van der Waals surface area contributed by atoms with E-state index in [1.807, 2.05) is 0 Å². The lowest BCUT2D eigenvalue weighted by Gasteiger charge is -2.47. The third kappa shape index (κ3) is 1.95. The van der Waals surface area contributed by atoms with E-state index < -0.39 is 0 Å². The van der Waals surface area contributed by atoms with Crippen molar-refractivity contribution in [2.24, 2.45) is 5.41 Å². The van der Waals surface area contributed by atoms with Crippen LogP contribution in [0.4, 0.5) is 0 Å². The van der Waals surface area contributed by atoms with Gasteiger partial charge in [-0.2, -0.15) is 0 Å². The molecule has 2 atom stereocenters. The predicted molar refractivity (Wildman–Crippen MR) is 85.4 cm³/mol. The second-order valence-electron chi connectivity index (χ2n) is 6.83. The molecular weight excluding hydrogens is 260 g/mol. The number of aliphatic hydroxyl groups is 1. The summed E-state index contributed by atoms with van der Waals surface area (Å²) >= 11 is 0. The lowest BCUT2D eigenvalue weighted by molar-refractivity contribution is -0.000540. The van der Waals surface area contributed by atoms with Gasteiger partial charge in [0.15, 0.2) is 0 Å². The highest BCUT2D eigenvalue weighted by atomic mass is 16.3. The Bertz CT molecular complexity index is 656. The third-order valence-corrected chi connectivity index (χ3v) is 5.91. The molecule has 2 N–H and O–H groups in total. The first-order valence-corrected chi connectivity index (χ1v) is 8.21. The van der Waals surface area contributed by atoms with Gasteiger partial charge in [0.05, 0.1) is 6.04 Å². The smallest absolute Gasteiger partial charge is 0.0507 e. The lowest BCUT2D eigenvalue weighted by Crippen LogP contribution is -2.46. The minimum atomic E-state index is 0.118. The van der Waals surface area contributed by atoms with E-state index in [9.17, 15) is 5.11 Å². The largest absolute Gasteiger partial charge is 0.396 e. The maximum absolute atomic E-state index is 9.89. The maximum atomic E-state index is 9.89. The van der Waals surface area contributed by atoms with Crippen molar-refractivity contribution in [3.8, 4) is 0 Å². The van der Waals surface area contributed by atoms with Gasteiger partial charge in [0.1, 0.15) is 0 Å². The van der Waals surface area contributed by atoms with E-state index in [-0.39, 0.29) is 5.41 Å². The summed E-state index contributed by atoms with van der Waals surface area (Å²) in [5.41, 5.74) is 4.30. The quantitative estimate of drug-likeness (QED) is 0.888. The molecule has 1 aromatic carbocycles. The van der Waals surface area contributed by atoms with Crippen molar-refractivity contribution < 1.29 is 5.11 Å². The van der Waals surface area contributed by atoms with Crippen molar-refractivity contribution in [2.75, 3.05) is 19.7 Å². The van der Waals surface area contributed by atoms with E-state index in [2.05, 4.69) is 41.1 Å². The van der Waals surface area contributed by atoms with Gasteiger partial charge in [-0.3, -0.25) is 4.90 Å². The number of fused-ring (bicyclic) bond motifs is 5. The molecule has 0 bridgehead atoms. The van der Waals surface area contributed by atoms with Gasteiger partial charge in [-0.05, 0) is 49.3 Å². The van der Waals surface area contributed by atoms with Gasteiger partial charge in [0.25, 0.3) is 0 Å². The summed E-state index contributed by atoms with van der Waals surface area (Å²) in [6.07, 6.45) is 4.43. The molecule has 0 saturated carbocycles. The Balaban J connectivity index is 1.78. The van der Waals surface area contributed by atoms with Gasteiger partial charge >= 0.3 is 0 Å². The van der Waals surface area contributed by atoms with Gasteiger partial charge in [-0.1, -0.05) is 25.1 Å². The van der Waals surface area contributed by atoms with Crippen LogP contribution in [-0.2, 0) is 6.42 Å². The van der Waals surface area contributed by atoms with Gasteiger partial charge in [0, 0.05) is 29.7 Å². The summed E-state index contributed by atoms with van der Waals surface area (Å²) in [6, 6.07) is 9.12. The number of benzene rings is 1. The van der Waals surface area contributed by atoms with E-state index in [1.165, 1.54) is 22.2 Å². The average Bonchev–Trinajstić information content (AvgIpc) is 2.93. The molecule has 2 aliphatic heterocycles. The van der Waals surface area contributed by atoms with Crippen LogP contribution >= 0.6 is 0 Å². The summed E-state index contributed by atoms with van der Waals surface area (Å²) in [5.74, 6) is 0. The van der Waals surface area contributed by atoms with Crippen LogP contribution < -0.4 is 0 Å². The van der Waals surface area contributed by atoms with Crippen LogP contribution in [0.2, 0.25) is 0 Å². The number of nitrogens with zero attached hydrogens (tertiary/aromatic N) is 1. The Hall–Kier alpha value is -1.32. The fourth-order valence-corrected chi connectivity index (χ4v) is 4.34. The van der Waals surface area contributed by atoms with Gasteiger partial charge in [-0.15, -0.1) is 0 Å². The zero-order valence-electron chi connectivity index (χ0n) is 12.7. The highest BCUT2D eigenvalue weighted by molar-refractivity contribution is 5.85. The molecule has 3 nitrogen and oxygen atoms in total. The van der Waals surface area contributed by atoms with Crippen molar-refractivity contribution in [3.05, 3.63) is 35.5 Å². The first-order chi connectivity index (χ1) is 10.3. The first kappa shape index (κ1) is 13.4. The van der Waals surface area contributed by atoms with E-state index in [4.69, 9.17) is 0 Å². The fourth-order valence-electron chi connectivity index (χ4n) is 4.34. The van der Waals surface area contributed by atoms with Crippen molar-refractivity contribution in [3.63, 3.8) is 0 Å².